The molecule has 0 aliphatic carbocycles. The number of nitrogens with zero attached hydrogens (tertiary/aromatic N) is 9. The summed E-state index contributed by atoms with van der Waals surface area (Å²) < 4.78 is 5.42. The molecule has 240 valence electrons. The Kier molecular flexibility index (Phi) is 9.35. The fourth-order valence-corrected chi connectivity index (χ4v) is 5.23. The van der Waals surface area contributed by atoms with Gasteiger partial charge in [0.2, 0.25) is 0 Å². The fourth-order valence-electron chi connectivity index (χ4n) is 5.23. The van der Waals surface area contributed by atoms with E-state index in [0.29, 0.717) is 24.0 Å². The van der Waals surface area contributed by atoms with E-state index in [9.17, 15) is 9.59 Å². The highest BCUT2D eigenvalue weighted by atomic mass is 16.2. The Labute approximate surface area is 269 Å². The quantitative estimate of drug-likeness (QED) is 0.148. The van der Waals surface area contributed by atoms with Crippen molar-refractivity contribution >= 4 is 45.7 Å². The van der Waals surface area contributed by atoms with Crippen LogP contribution >= 0.6 is 0 Å². The van der Waals surface area contributed by atoms with Gasteiger partial charge in [-0.3, -0.25) is 14.6 Å². The molecule has 15 heteroatoms. The van der Waals surface area contributed by atoms with Crippen LogP contribution in [0.3, 0.4) is 0 Å². The van der Waals surface area contributed by atoms with Crippen LogP contribution in [-0.2, 0) is 19.9 Å². The van der Waals surface area contributed by atoms with Gasteiger partial charge in [-0.25, -0.2) is 14.3 Å². The maximum atomic E-state index is 12.2. The molecule has 2 amide bonds. The number of pyridine rings is 1. The summed E-state index contributed by atoms with van der Waals surface area (Å²) in [5.41, 5.74) is 28.0. The average Bonchev–Trinajstić information content (AvgIpc) is 3.77. The van der Waals surface area contributed by atoms with E-state index >= 15 is 0 Å². The smallest absolute Gasteiger partial charge is 0.283 e. The highest BCUT2D eigenvalue weighted by Gasteiger charge is 2.19. The monoisotopic (exact) mass is 633 g/mol. The number of imidazole rings is 1. The molecule has 4 aromatic heterocycles. The number of carbonyl (C=O) groups is 2. The second-order valence-electron chi connectivity index (χ2n) is 10.5. The van der Waals surface area contributed by atoms with Crippen molar-refractivity contribution in [2.45, 2.75) is 33.1 Å². The Morgan fingerprint density at radius 1 is 0.787 bits per heavy atom. The van der Waals surface area contributed by atoms with E-state index in [4.69, 9.17) is 22.9 Å². The first-order valence-corrected chi connectivity index (χ1v) is 14.8. The number of fused-ring (bicyclic) bond motifs is 2. The van der Waals surface area contributed by atoms with E-state index in [1.54, 1.807) is 21.9 Å². The van der Waals surface area contributed by atoms with Gasteiger partial charge in [-0.05, 0) is 55.3 Å². The average molecular weight is 634 g/mol. The maximum Gasteiger partial charge on any atom is 0.283 e. The minimum absolute atomic E-state index is 0.260. The lowest BCUT2D eigenvalue weighted by molar-refractivity contribution is 0.0993. The molecule has 0 bridgehead atoms. The molecule has 0 aliphatic rings. The third-order valence-corrected chi connectivity index (χ3v) is 7.29. The Balaban J connectivity index is 0.000000185. The van der Waals surface area contributed by atoms with Crippen LogP contribution in [0.25, 0.3) is 33.3 Å². The van der Waals surface area contributed by atoms with Crippen molar-refractivity contribution in [2.24, 2.45) is 40.0 Å². The van der Waals surface area contributed by atoms with Crippen LogP contribution in [0.4, 0.5) is 0 Å². The van der Waals surface area contributed by atoms with Crippen molar-refractivity contribution in [3.63, 3.8) is 0 Å². The summed E-state index contributed by atoms with van der Waals surface area (Å²) in [5.74, 6) is -1.50. The van der Waals surface area contributed by atoms with Crippen molar-refractivity contribution in [3.8, 4) is 11.4 Å². The zero-order valence-corrected chi connectivity index (χ0v) is 26.2. The van der Waals surface area contributed by atoms with Crippen molar-refractivity contribution in [1.82, 2.24) is 34.1 Å². The van der Waals surface area contributed by atoms with Crippen LogP contribution in [0.2, 0.25) is 0 Å². The number of carbonyl (C=O) groups excluding carboxylic acids is 2. The van der Waals surface area contributed by atoms with Crippen LogP contribution in [0.15, 0.2) is 83.4 Å². The first-order chi connectivity index (χ1) is 22.6. The number of hydrogen-bond donors (Lipinski definition) is 4. The molecule has 4 heterocycles. The lowest BCUT2D eigenvalue weighted by Crippen LogP contribution is -2.24. The number of hydrogen-bond acceptors (Lipinski definition) is 6. The number of rotatable bonds is 7. The van der Waals surface area contributed by atoms with Gasteiger partial charge in [-0.2, -0.15) is 20.2 Å². The van der Waals surface area contributed by atoms with Gasteiger partial charge in [0, 0.05) is 18.6 Å². The molecule has 0 aliphatic heterocycles. The van der Waals surface area contributed by atoms with E-state index in [1.807, 2.05) is 74.0 Å². The Bertz CT molecular complexity index is 2140. The summed E-state index contributed by atoms with van der Waals surface area (Å²) in [5, 5.41) is 9.68. The molecule has 2 aromatic carbocycles. The number of aliphatic imine (C=N–C) groups is 2. The van der Waals surface area contributed by atoms with Gasteiger partial charge in [0.1, 0.15) is 0 Å². The lowest BCUT2D eigenvalue weighted by atomic mass is 10.1. The van der Waals surface area contributed by atoms with Crippen LogP contribution in [0, 0.1) is 0 Å². The van der Waals surface area contributed by atoms with Crippen molar-refractivity contribution in [1.29, 1.82) is 0 Å². The highest BCUT2D eigenvalue weighted by molar-refractivity contribution is 6.03. The minimum atomic E-state index is -0.491. The van der Waals surface area contributed by atoms with Crippen LogP contribution < -0.4 is 22.9 Å². The number of benzene rings is 2. The predicted octanol–water partition coefficient (Wildman–Crippen LogP) is 2.52. The SMILES string of the molecule is CCCc1c(C(=O)N=C(N)N)cnn1-c1cccc2ncccc12.CCc1c(C(=O)N=C(N)N)cnn1-c1ccc2ncn(C)c2c1. The first kappa shape index (κ1) is 32.0. The largest absolute Gasteiger partial charge is 0.370 e. The maximum absolute atomic E-state index is 12.2. The fraction of sp³-hybridized carbons (Fsp3) is 0.188. The van der Waals surface area contributed by atoms with E-state index in [-0.39, 0.29) is 11.9 Å². The molecule has 6 aromatic rings. The molecule has 0 saturated heterocycles. The second kappa shape index (κ2) is 13.7. The van der Waals surface area contributed by atoms with Gasteiger partial charge in [0.05, 0.1) is 69.2 Å². The van der Waals surface area contributed by atoms with Crippen LogP contribution in [0.1, 0.15) is 52.4 Å². The van der Waals surface area contributed by atoms with Gasteiger partial charge >= 0.3 is 0 Å². The number of amides is 2. The molecular weight excluding hydrogens is 598 g/mol. The summed E-state index contributed by atoms with van der Waals surface area (Å²) in [6.07, 6.45) is 8.65. The molecule has 0 unspecified atom stereocenters. The molecule has 0 saturated carbocycles. The molecule has 15 nitrogen and oxygen atoms in total. The molecule has 6 rings (SSSR count). The number of aryl methyl sites for hydroxylation is 1. The summed E-state index contributed by atoms with van der Waals surface area (Å²) >= 11 is 0. The zero-order valence-electron chi connectivity index (χ0n) is 26.2. The predicted molar refractivity (Wildman–Crippen MR) is 180 cm³/mol. The Hall–Kier alpha value is -6.38. The molecule has 47 heavy (non-hydrogen) atoms. The van der Waals surface area contributed by atoms with E-state index < -0.39 is 11.8 Å². The molecule has 8 N–H and O–H groups in total. The first-order valence-electron chi connectivity index (χ1n) is 14.8. The Morgan fingerprint density at radius 3 is 2.13 bits per heavy atom. The summed E-state index contributed by atoms with van der Waals surface area (Å²) in [6.45, 7) is 3.99. The molecule has 0 atom stereocenters. The van der Waals surface area contributed by atoms with Crippen molar-refractivity contribution < 1.29 is 9.59 Å². The van der Waals surface area contributed by atoms with E-state index in [1.165, 1.54) is 12.4 Å². The van der Waals surface area contributed by atoms with E-state index in [0.717, 1.165) is 51.1 Å². The minimum Gasteiger partial charge on any atom is -0.370 e. The molecule has 0 radical (unpaired) electrons. The van der Waals surface area contributed by atoms with Crippen LogP contribution in [-0.4, -0.2) is 57.8 Å². The molecule has 0 spiro atoms. The normalized spacial score (nSPS) is 10.8. The van der Waals surface area contributed by atoms with E-state index in [2.05, 4.69) is 30.2 Å². The summed E-state index contributed by atoms with van der Waals surface area (Å²) in [6, 6.07) is 15.5. The van der Waals surface area contributed by atoms with Crippen LogP contribution in [0.5, 0.6) is 0 Å². The molecular formula is C32H35N13O2. The Morgan fingerprint density at radius 2 is 1.47 bits per heavy atom. The zero-order chi connectivity index (χ0) is 33.7. The van der Waals surface area contributed by atoms with Gasteiger partial charge in [0.25, 0.3) is 11.8 Å². The third kappa shape index (κ3) is 6.68. The topological polar surface area (TPSA) is 229 Å². The van der Waals surface area contributed by atoms with Crippen molar-refractivity contribution in [2.75, 3.05) is 0 Å². The summed E-state index contributed by atoms with van der Waals surface area (Å²) in [7, 11) is 1.93. The van der Waals surface area contributed by atoms with Gasteiger partial charge in [-0.15, -0.1) is 0 Å². The molecule has 0 fully saturated rings. The standard InChI is InChI=1S/C17H18N6O.C15H17N7O/c1-2-5-14-12(16(24)22-17(18)19)10-21-23(14)15-8-3-7-13-11(15)6-4-9-20-13;1-3-12-10(14(23)20-15(16)17)7-19-22(12)9-4-5-11-13(6-9)21(2)8-18-11/h3-4,6-10H,2,5H2,1H3,(H4,18,19,22,24);4-8H,3H2,1-2H3,(H4,16,17,20,23). The number of aromatic nitrogens is 7. The van der Waals surface area contributed by atoms with Crippen molar-refractivity contribution in [3.05, 3.63) is 96.0 Å². The lowest BCUT2D eigenvalue weighted by Gasteiger charge is -2.10. The highest BCUT2D eigenvalue weighted by Crippen LogP contribution is 2.24. The van der Waals surface area contributed by atoms with Gasteiger partial charge in [-0.1, -0.05) is 26.3 Å². The third-order valence-electron chi connectivity index (χ3n) is 7.29. The van der Waals surface area contributed by atoms with Gasteiger partial charge < -0.3 is 27.5 Å². The van der Waals surface area contributed by atoms with Gasteiger partial charge in [0.15, 0.2) is 11.9 Å². The number of nitrogens with two attached hydrogens (primary N) is 4. The summed E-state index contributed by atoms with van der Waals surface area (Å²) in [4.78, 5) is 40.2. The second-order valence-corrected chi connectivity index (χ2v) is 10.5. The number of guanidine groups is 2.